The minimum atomic E-state index is 0.197. The van der Waals surface area contributed by atoms with Crippen LogP contribution < -0.4 is 5.32 Å². The molecule has 1 aliphatic rings. The van der Waals surface area contributed by atoms with E-state index in [1.165, 1.54) is 5.56 Å². The van der Waals surface area contributed by atoms with E-state index in [1.54, 1.807) is 12.1 Å². The van der Waals surface area contributed by atoms with Gasteiger partial charge >= 0.3 is 0 Å². The minimum Gasteiger partial charge on any atom is -0.508 e. The summed E-state index contributed by atoms with van der Waals surface area (Å²) in [6, 6.07) is 7.59. The second kappa shape index (κ2) is 4.07. The highest BCUT2D eigenvalue weighted by Gasteiger charge is 2.31. The number of aromatic hydroxyl groups is 1. The molecule has 0 bridgehead atoms. The molecule has 1 aromatic rings. The Balaban J connectivity index is 2.28. The average molecular weight is 203 g/mol. The second-order valence-corrected chi connectivity index (χ2v) is 4.24. The van der Waals surface area contributed by atoms with Gasteiger partial charge in [-0.1, -0.05) is 24.3 Å². The van der Waals surface area contributed by atoms with Gasteiger partial charge in [0.1, 0.15) is 5.75 Å². The van der Waals surface area contributed by atoms with Gasteiger partial charge < -0.3 is 10.4 Å². The summed E-state index contributed by atoms with van der Waals surface area (Å²) < 4.78 is 0. The number of hydrogen-bond donors (Lipinski definition) is 2. The minimum absolute atomic E-state index is 0.197. The van der Waals surface area contributed by atoms with Crippen molar-refractivity contribution in [2.75, 3.05) is 13.6 Å². The van der Waals surface area contributed by atoms with Gasteiger partial charge in [0.15, 0.2) is 0 Å². The molecule has 0 aliphatic heterocycles. The summed E-state index contributed by atoms with van der Waals surface area (Å²) in [4.78, 5) is 0. The van der Waals surface area contributed by atoms with E-state index in [4.69, 9.17) is 0 Å². The van der Waals surface area contributed by atoms with Crippen LogP contribution in [-0.4, -0.2) is 18.7 Å². The first-order valence-corrected chi connectivity index (χ1v) is 5.36. The first-order chi connectivity index (χ1) is 7.27. The smallest absolute Gasteiger partial charge is 0.115 e. The quantitative estimate of drug-likeness (QED) is 0.738. The van der Waals surface area contributed by atoms with Gasteiger partial charge in [-0.3, -0.25) is 0 Å². The number of likely N-dealkylation sites (N-methyl/N-ethyl adjacent to an activating group) is 1. The number of phenols is 1. The second-order valence-electron chi connectivity index (χ2n) is 4.24. The molecule has 15 heavy (non-hydrogen) atoms. The maximum absolute atomic E-state index is 9.28. The molecule has 1 aromatic carbocycles. The zero-order chi connectivity index (χ0) is 10.7. The lowest BCUT2D eigenvalue weighted by atomic mass is 9.78. The molecule has 80 valence electrons. The van der Waals surface area contributed by atoms with Crippen LogP contribution in [0.4, 0.5) is 0 Å². The lowest BCUT2D eigenvalue weighted by Gasteiger charge is -2.29. The van der Waals surface area contributed by atoms with E-state index in [0.717, 1.165) is 19.4 Å². The Hall–Kier alpha value is -1.28. The van der Waals surface area contributed by atoms with E-state index in [2.05, 4.69) is 17.5 Å². The Kier molecular flexibility index (Phi) is 2.78. The predicted octanol–water partition coefficient (Wildman–Crippen LogP) is 2.20. The first kappa shape index (κ1) is 10.2. The van der Waals surface area contributed by atoms with Crippen LogP contribution in [0.5, 0.6) is 5.75 Å². The molecule has 1 aliphatic carbocycles. The van der Waals surface area contributed by atoms with Gasteiger partial charge in [0.25, 0.3) is 0 Å². The molecule has 2 heteroatoms. The highest BCUT2D eigenvalue weighted by Crippen LogP contribution is 2.36. The van der Waals surface area contributed by atoms with Crippen molar-refractivity contribution >= 4 is 0 Å². The van der Waals surface area contributed by atoms with Gasteiger partial charge in [-0.05, 0) is 37.6 Å². The number of rotatable bonds is 3. The zero-order valence-electron chi connectivity index (χ0n) is 9.03. The third-order valence-corrected chi connectivity index (χ3v) is 3.18. The van der Waals surface area contributed by atoms with Crippen LogP contribution >= 0.6 is 0 Å². The van der Waals surface area contributed by atoms with Crippen molar-refractivity contribution in [3.63, 3.8) is 0 Å². The average Bonchev–Trinajstić information content (AvgIpc) is 2.69. The Bertz CT molecular complexity index is 345. The van der Waals surface area contributed by atoms with E-state index < -0.39 is 0 Å². The summed E-state index contributed by atoms with van der Waals surface area (Å²) >= 11 is 0. The van der Waals surface area contributed by atoms with Crippen molar-refractivity contribution < 1.29 is 5.11 Å². The highest BCUT2D eigenvalue weighted by molar-refractivity contribution is 5.35. The number of phenolic OH excluding ortho intramolecular Hbond substituents is 1. The van der Waals surface area contributed by atoms with E-state index >= 15 is 0 Å². The highest BCUT2D eigenvalue weighted by atomic mass is 16.3. The van der Waals surface area contributed by atoms with Crippen LogP contribution in [0.15, 0.2) is 36.4 Å². The summed E-state index contributed by atoms with van der Waals surface area (Å²) in [5, 5.41) is 12.5. The molecule has 0 unspecified atom stereocenters. The fourth-order valence-electron chi connectivity index (χ4n) is 2.34. The molecule has 0 saturated heterocycles. The summed E-state index contributed by atoms with van der Waals surface area (Å²) in [5.74, 6) is 0.337. The van der Waals surface area contributed by atoms with Crippen molar-refractivity contribution in [1.82, 2.24) is 5.32 Å². The fraction of sp³-hybridized carbons (Fsp3) is 0.385. The molecule has 0 spiro atoms. The van der Waals surface area contributed by atoms with Crippen LogP contribution in [0.1, 0.15) is 18.4 Å². The largest absolute Gasteiger partial charge is 0.508 e. The number of allylic oxidation sites excluding steroid dienone is 2. The first-order valence-electron chi connectivity index (χ1n) is 5.36. The third kappa shape index (κ3) is 1.90. The van der Waals surface area contributed by atoms with E-state index in [9.17, 15) is 5.11 Å². The Morgan fingerprint density at radius 1 is 1.20 bits per heavy atom. The monoisotopic (exact) mass is 203 g/mol. The molecular weight excluding hydrogens is 186 g/mol. The SMILES string of the molecule is CNCC1(c2ccc(O)cc2)CC=CC1. The molecule has 0 aromatic heterocycles. The Morgan fingerprint density at radius 3 is 2.33 bits per heavy atom. The zero-order valence-corrected chi connectivity index (χ0v) is 9.03. The van der Waals surface area contributed by atoms with Crippen LogP contribution in [0.3, 0.4) is 0 Å². The Labute approximate surface area is 90.6 Å². The summed E-state index contributed by atoms with van der Waals surface area (Å²) in [7, 11) is 1.99. The van der Waals surface area contributed by atoms with Crippen molar-refractivity contribution in [3.05, 3.63) is 42.0 Å². The molecule has 0 amide bonds. The molecule has 0 saturated carbocycles. The van der Waals surface area contributed by atoms with E-state index in [1.807, 2.05) is 19.2 Å². The van der Waals surface area contributed by atoms with Crippen LogP contribution in [0, 0.1) is 0 Å². The van der Waals surface area contributed by atoms with Crippen molar-refractivity contribution in [2.24, 2.45) is 0 Å². The van der Waals surface area contributed by atoms with E-state index in [-0.39, 0.29) is 5.41 Å². The summed E-state index contributed by atoms with van der Waals surface area (Å²) in [6.45, 7) is 0.977. The van der Waals surface area contributed by atoms with Crippen LogP contribution in [0.2, 0.25) is 0 Å². The topological polar surface area (TPSA) is 32.3 Å². The number of benzene rings is 1. The lowest BCUT2D eigenvalue weighted by molar-refractivity contribution is 0.433. The van der Waals surface area contributed by atoms with Gasteiger partial charge in [-0.15, -0.1) is 0 Å². The molecule has 2 N–H and O–H groups in total. The van der Waals surface area contributed by atoms with Gasteiger partial charge in [0.05, 0.1) is 0 Å². The molecule has 2 nitrogen and oxygen atoms in total. The van der Waals surface area contributed by atoms with Gasteiger partial charge in [0.2, 0.25) is 0 Å². The normalized spacial score (nSPS) is 18.2. The molecular formula is C13H17NO. The standard InChI is InChI=1S/C13H17NO/c1-14-10-13(8-2-3-9-13)11-4-6-12(15)7-5-11/h2-7,14-15H,8-10H2,1H3. The number of nitrogens with one attached hydrogen (secondary N) is 1. The predicted molar refractivity (Wildman–Crippen MR) is 62.1 cm³/mol. The van der Waals surface area contributed by atoms with Crippen molar-refractivity contribution in [1.29, 1.82) is 0 Å². The van der Waals surface area contributed by atoms with Gasteiger partial charge in [-0.2, -0.15) is 0 Å². The number of hydrogen-bond acceptors (Lipinski definition) is 2. The maximum Gasteiger partial charge on any atom is 0.115 e. The van der Waals surface area contributed by atoms with Crippen LogP contribution in [-0.2, 0) is 5.41 Å². The van der Waals surface area contributed by atoms with Gasteiger partial charge in [-0.25, -0.2) is 0 Å². The van der Waals surface area contributed by atoms with Crippen LogP contribution in [0.25, 0.3) is 0 Å². The lowest BCUT2D eigenvalue weighted by Crippen LogP contribution is -2.34. The third-order valence-electron chi connectivity index (χ3n) is 3.18. The molecule has 0 radical (unpaired) electrons. The summed E-state index contributed by atoms with van der Waals surface area (Å²) in [6.07, 6.45) is 6.64. The van der Waals surface area contributed by atoms with Crippen molar-refractivity contribution in [3.8, 4) is 5.75 Å². The summed E-state index contributed by atoms with van der Waals surface area (Å²) in [5.41, 5.74) is 1.50. The van der Waals surface area contributed by atoms with Crippen molar-refractivity contribution in [2.45, 2.75) is 18.3 Å². The Morgan fingerprint density at radius 2 is 1.80 bits per heavy atom. The molecule has 0 heterocycles. The van der Waals surface area contributed by atoms with Gasteiger partial charge in [0, 0.05) is 12.0 Å². The molecule has 2 rings (SSSR count). The maximum atomic E-state index is 9.28. The van der Waals surface area contributed by atoms with E-state index in [0.29, 0.717) is 5.75 Å². The molecule has 0 atom stereocenters. The molecule has 0 fully saturated rings. The fourth-order valence-corrected chi connectivity index (χ4v) is 2.34.